The molecule has 18 heavy (non-hydrogen) atoms. The molecule has 1 heterocycles. The van der Waals surface area contributed by atoms with Gasteiger partial charge in [0.15, 0.2) is 0 Å². The van der Waals surface area contributed by atoms with Crippen molar-refractivity contribution in [2.45, 2.75) is 12.7 Å². The van der Waals surface area contributed by atoms with E-state index in [9.17, 15) is 5.11 Å². The number of aromatic nitrogens is 2. The Bertz CT molecular complexity index is 510. The van der Waals surface area contributed by atoms with Gasteiger partial charge in [-0.25, -0.2) is 0 Å². The number of benzene rings is 1. The highest BCUT2D eigenvalue weighted by molar-refractivity contribution is 5.33. The largest absolute Gasteiger partial charge is 0.484 e. The fraction of sp³-hybridized carbons (Fsp3) is 0.308. The lowest BCUT2D eigenvalue weighted by Crippen LogP contribution is -2.18. The highest BCUT2D eigenvalue weighted by Crippen LogP contribution is 2.24. The van der Waals surface area contributed by atoms with E-state index in [2.05, 4.69) is 5.10 Å². The first-order valence-electron chi connectivity index (χ1n) is 5.78. The Hall–Kier alpha value is -1.85. The molecule has 1 aromatic carbocycles. The predicted octanol–water partition coefficient (Wildman–Crippen LogP) is 0.991. The third-order valence-corrected chi connectivity index (χ3v) is 2.72. The first-order valence-corrected chi connectivity index (χ1v) is 5.78. The van der Waals surface area contributed by atoms with Gasteiger partial charge in [-0.2, -0.15) is 5.10 Å². The summed E-state index contributed by atoms with van der Waals surface area (Å²) in [6.45, 7) is 0.298. The zero-order chi connectivity index (χ0) is 13.0. The highest BCUT2D eigenvalue weighted by Gasteiger charge is 2.14. The zero-order valence-electron chi connectivity index (χ0n) is 10.3. The molecule has 0 saturated heterocycles. The Morgan fingerprint density at radius 3 is 2.83 bits per heavy atom. The molecule has 5 heteroatoms. The van der Waals surface area contributed by atoms with E-state index < -0.39 is 0 Å². The highest BCUT2D eigenvalue weighted by atomic mass is 16.5. The minimum absolute atomic E-state index is 0.0551. The number of rotatable bonds is 5. The molecule has 5 nitrogen and oxygen atoms in total. The number of aryl methyl sites for hydroxylation is 1. The molecular formula is C13H17N3O2. The van der Waals surface area contributed by atoms with Crippen molar-refractivity contribution < 1.29 is 9.84 Å². The molecule has 0 amide bonds. The van der Waals surface area contributed by atoms with E-state index in [1.807, 2.05) is 37.5 Å². The molecule has 96 valence electrons. The van der Waals surface area contributed by atoms with Crippen LogP contribution in [0.3, 0.4) is 0 Å². The Balaban J connectivity index is 2.20. The summed E-state index contributed by atoms with van der Waals surface area (Å²) in [4.78, 5) is 0. The standard InChI is InChI=1S/C13H17N3O2/c1-16-8-11(7-15-16)13(6-14)18-12-5-3-2-4-10(12)9-17/h2-5,7-8,13,17H,6,9,14H2,1H3. The number of aliphatic hydroxyl groups is 1. The maximum absolute atomic E-state index is 9.25. The quantitative estimate of drug-likeness (QED) is 0.826. The molecule has 0 aliphatic carbocycles. The summed E-state index contributed by atoms with van der Waals surface area (Å²) in [6.07, 6.45) is 3.35. The Labute approximate surface area is 106 Å². The summed E-state index contributed by atoms with van der Waals surface area (Å²) in [5.41, 5.74) is 7.40. The molecule has 1 unspecified atom stereocenters. The van der Waals surface area contributed by atoms with Gasteiger partial charge in [0, 0.05) is 30.9 Å². The van der Waals surface area contributed by atoms with Gasteiger partial charge in [-0.3, -0.25) is 4.68 Å². The van der Waals surface area contributed by atoms with E-state index >= 15 is 0 Å². The Morgan fingerprint density at radius 1 is 1.44 bits per heavy atom. The lowest BCUT2D eigenvalue weighted by atomic mass is 10.2. The van der Waals surface area contributed by atoms with E-state index in [4.69, 9.17) is 10.5 Å². The Kier molecular flexibility index (Phi) is 3.96. The van der Waals surface area contributed by atoms with Crippen LogP contribution in [0.5, 0.6) is 5.75 Å². The maximum Gasteiger partial charge on any atom is 0.139 e. The molecule has 0 aliphatic rings. The van der Waals surface area contributed by atoms with Gasteiger partial charge >= 0.3 is 0 Å². The number of nitrogens with two attached hydrogens (primary N) is 1. The van der Waals surface area contributed by atoms with Gasteiger partial charge in [-0.15, -0.1) is 0 Å². The average molecular weight is 247 g/mol. The van der Waals surface area contributed by atoms with E-state index in [1.54, 1.807) is 10.9 Å². The lowest BCUT2D eigenvalue weighted by molar-refractivity contribution is 0.203. The normalized spacial score (nSPS) is 12.4. The van der Waals surface area contributed by atoms with Crippen LogP contribution in [0, 0.1) is 0 Å². The van der Waals surface area contributed by atoms with E-state index in [0.717, 1.165) is 11.1 Å². The number of aliphatic hydroxyl groups excluding tert-OH is 1. The smallest absolute Gasteiger partial charge is 0.139 e. The average Bonchev–Trinajstić information content (AvgIpc) is 2.83. The fourth-order valence-corrected chi connectivity index (χ4v) is 1.76. The molecule has 0 aliphatic heterocycles. The fourth-order valence-electron chi connectivity index (χ4n) is 1.76. The minimum Gasteiger partial charge on any atom is -0.484 e. The number of para-hydroxylation sites is 1. The van der Waals surface area contributed by atoms with Crippen molar-refractivity contribution >= 4 is 0 Å². The predicted molar refractivity (Wildman–Crippen MR) is 68.0 cm³/mol. The lowest BCUT2D eigenvalue weighted by Gasteiger charge is -2.17. The molecule has 1 atom stereocenters. The molecule has 0 bridgehead atoms. The number of hydrogen-bond donors (Lipinski definition) is 2. The van der Waals surface area contributed by atoms with E-state index in [0.29, 0.717) is 12.3 Å². The van der Waals surface area contributed by atoms with Gasteiger partial charge in [-0.1, -0.05) is 18.2 Å². The van der Waals surface area contributed by atoms with Gasteiger partial charge < -0.3 is 15.6 Å². The number of hydrogen-bond acceptors (Lipinski definition) is 4. The Morgan fingerprint density at radius 2 is 2.22 bits per heavy atom. The van der Waals surface area contributed by atoms with Crippen LogP contribution >= 0.6 is 0 Å². The van der Waals surface area contributed by atoms with Crippen LogP contribution in [-0.4, -0.2) is 21.4 Å². The van der Waals surface area contributed by atoms with Gasteiger partial charge in [0.2, 0.25) is 0 Å². The van der Waals surface area contributed by atoms with Gasteiger partial charge in [0.1, 0.15) is 11.9 Å². The topological polar surface area (TPSA) is 73.3 Å². The van der Waals surface area contributed by atoms with Crippen molar-refractivity contribution in [1.82, 2.24) is 9.78 Å². The minimum atomic E-state index is -0.258. The van der Waals surface area contributed by atoms with Crippen LogP contribution in [0.15, 0.2) is 36.7 Å². The van der Waals surface area contributed by atoms with Crippen LogP contribution in [-0.2, 0) is 13.7 Å². The van der Waals surface area contributed by atoms with Crippen LogP contribution < -0.4 is 10.5 Å². The van der Waals surface area contributed by atoms with Crippen molar-refractivity contribution in [3.8, 4) is 5.75 Å². The van der Waals surface area contributed by atoms with Crippen LogP contribution in [0.4, 0.5) is 0 Å². The van der Waals surface area contributed by atoms with Crippen LogP contribution in [0.25, 0.3) is 0 Å². The molecule has 2 rings (SSSR count). The number of ether oxygens (including phenoxy) is 1. The number of nitrogens with zero attached hydrogens (tertiary/aromatic N) is 2. The van der Waals surface area contributed by atoms with Crippen LogP contribution in [0.2, 0.25) is 0 Å². The molecule has 0 fully saturated rings. The van der Waals surface area contributed by atoms with Crippen LogP contribution in [0.1, 0.15) is 17.2 Å². The molecule has 0 radical (unpaired) electrons. The SMILES string of the molecule is Cn1cc(C(CN)Oc2ccccc2CO)cn1. The van der Waals surface area contributed by atoms with Crippen molar-refractivity contribution in [3.63, 3.8) is 0 Å². The first-order chi connectivity index (χ1) is 8.74. The summed E-state index contributed by atoms with van der Waals surface area (Å²) in [6, 6.07) is 7.38. The molecule has 3 N–H and O–H groups in total. The second-order valence-corrected chi connectivity index (χ2v) is 4.06. The van der Waals surface area contributed by atoms with E-state index in [1.165, 1.54) is 0 Å². The maximum atomic E-state index is 9.25. The first kappa shape index (κ1) is 12.6. The summed E-state index contributed by atoms with van der Waals surface area (Å²) >= 11 is 0. The summed E-state index contributed by atoms with van der Waals surface area (Å²) in [5, 5.41) is 13.4. The zero-order valence-corrected chi connectivity index (χ0v) is 10.3. The van der Waals surface area contributed by atoms with Crippen molar-refractivity contribution in [1.29, 1.82) is 0 Å². The molecule has 0 saturated carbocycles. The molecule has 2 aromatic rings. The molecule has 1 aromatic heterocycles. The van der Waals surface area contributed by atoms with Crippen molar-refractivity contribution in [2.75, 3.05) is 6.54 Å². The summed E-state index contributed by atoms with van der Waals surface area (Å²) in [5.74, 6) is 0.652. The monoisotopic (exact) mass is 247 g/mol. The third kappa shape index (κ3) is 2.69. The van der Waals surface area contributed by atoms with Gasteiger partial charge in [-0.05, 0) is 6.07 Å². The second kappa shape index (κ2) is 5.66. The van der Waals surface area contributed by atoms with Gasteiger partial charge in [0.05, 0.1) is 12.8 Å². The van der Waals surface area contributed by atoms with Crippen molar-refractivity contribution in [2.24, 2.45) is 12.8 Å². The van der Waals surface area contributed by atoms with E-state index in [-0.39, 0.29) is 12.7 Å². The van der Waals surface area contributed by atoms with Crippen molar-refractivity contribution in [3.05, 3.63) is 47.8 Å². The van der Waals surface area contributed by atoms with Gasteiger partial charge in [0.25, 0.3) is 0 Å². The summed E-state index contributed by atoms with van der Waals surface area (Å²) < 4.78 is 7.55. The molecular weight excluding hydrogens is 230 g/mol. The second-order valence-electron chi connectivity index (χ2n) is 4.06. The third-order valence-electron chi connectivity index (χ3n) is 2.72. The molecule has 0 spiro atoms. The summed E-state index contributed by atoms with van der Waals surface area (Å²) in [7, 11) is 1.85.